The van der Waals surface area contributed by atoms with Crippen molar-refractivity contribution in [2.24, 2.45) is 0 Å². The zero-order chi connectivity index (χ0) is 20.3. The molecule has 8 heteroatoms. The van der Waals surface area contributed by atoms with Crippen LogP contribution in [0.4, 0.5) is 0 Å². The van der Waals surface area contributed by atoms with Gasteiger partial charge < -0.3 is 28.4 Å². The second kappa shape index (κ2) is 8.57. The Morgan fingerprint density at radius 1 is 1.04 bits per heavy atom. The zero-order valence-electron chi connectivity index (χ0n) is 16.5. The molecule has 0 aliphatic carbocycles. The van der Waals surface area contributed by atoms with E-state index in [-0.39, 0.29) is 13.2 Å². The average molecular weight is 394 g/mol. The Kier molecular flexibility index (Phi) is 6.34. The largest absolute Gasteiger partial charge is 0.463 e. The van der Waals surface area contributed by atoms with Gasteiger partial charge in [0.25, 0.3) is 0 Å². The molecule has 0 N–H and O–H groups in total. The van der Waals surface area contributed by atoms with E-state index in [0.717, 1.165) is 5.56 Å². The van der Waals surface area contributed by atoms with Crippen LogP contribution in [0.5, 0.6) is 0 Å². The smallest absolute Gasteiger partial charge is 0.303 e. The van der Waals surface area contributed by atoms with Crippen LogP contribution in [0, 0.1) is 0 Å². The fraction of sp³-hybridized carbons (Fsp3) is 0.600. The van der Waals surface area contributed by atoms with Crippen molar-refractivity contribution in [2.75, 3.05) is 6.61 Å². The molecular weight excluding hydrogens is 368 g/mol. The van der Waals surface area contributed by atoms with Crippen LogP contribution in [0.25, 0.3) is 0 Å². The number of fused-ring (bicyclic) bond motifs is 1. The highest BCUT2D eigenvalue weighted by Crippen LogP contribution is 2.38. The van der Waals surface area contributed by atoms with Crippen LogP contribution in [0.3, 0.4) is 0 Å². The Labute approximate surface area is 164 Å². The maximum absolute atomic E-state index is 11.7. The lowest BCUT2D eigenvalue weighted by atomic mass is 9.98. The minimum atomic E-state index is -0.888. The predicted octanol–water partition coefficient (Wildman–Crippen LogP) is 1.94. The Balaban J connectivity index is 1.83. The van der Waals surface area contributed by atoms with Crippen LogP contribution in [0.2, 0.25) is 0 Å². The Hall–Kier alpha value is -2.00. The maximum Gasteiger partial charge on any atom is 0.303 e. The van der Waals surface area contributed by atoms with Crippen molar-refractivity contribution >= 4 is 11.9 Å². The minimum Gasteiger partial charge on any atom is -0.463 e. The summed E-state index contributed by atoms with van der Waals surface area (Å²) in [5.74, 6) is -1.84. The Morgan fingerprint density at radius 2 is 1.75 bits per heavy atom. The first-order valence-electron chi connectivity index (χ1n) is 9.22. The highest BCUT2D eigenvalue weighted by atomic mass is 16.8. The molecule has 8 nitrogen and oxygen atoms in total. The summed E-state index contributed by atoms with van der Waals surface area (Å²) in [6.07, 6.45) is -3.56. The molecule has 1 aromatic rings. The third kappa shape index (κ3) is 5.08. The van der Waals surface area contributed by atoms with E-state index in [9.17, 15) is 9.59 Å². The highest BCUT2D eigenvalue weighted by Gasteiger charge is 2.56. The van der Waals surface area contributed by atoms with E-state index in [4.69, 9.17) is 28.4 Å². The first kappa shape index (κ1) is 20.7. The third-order valence-corrected chi connectivity index (χ3v) is 4.45. The monoisotopic (exact) mass is 394 g/mol. The van der Waals surface area contributed by atoms with Gasteiger partial charge in [-0.25, -0.2) is 0 Å². The van der Waals surface area contributed by atoms with Crippen molar-refractivity contribution in [1.29, 1.82) is 0 Å². The molecule has 0 aromatic heterocycles. The first-order chi connectivity index (χ1) is 13.2. The van der Waals surface area contributed by atoms with Crippen molar-refractivity contribution in [1.82, 2.24) is 0 Å². The third-order valence-electron chi connectivity index (χ3n) is 4.45. The Bertz CT molecular complexity index is 689. The van der Waals surface area contributed by atoms with Gasteiger partial charge in [0, 0.05) is 13.8 Å². The van der Waals surface area contributed by atoms with Crippen LogP contribution in [0.1, 0.15) is 33.3 Å². The molecule has 154 valence electrons. The fourth-order valence-electron chi connectivity index (χ4n) is 3.36. The quantitative estimate of drug-likeness (QED) is 0.677. The zero-order valence-corrected chi connectivity index (χ0v) is 16.5. The van der Waals surface area contributed by atoms with Crippen LogP contribution in [-0.4, -0.2) is 55.0 Å². The van der Waals surface area contributed by atoms with E-state index in [1.165, 1.54) is 13.8 Å². The molecule has 0 unspecified atom stereocenters. The highest BCUT2D eigenvalue weighted by molar-refractivity contribution is 5.66. The fourth-order valence-corrected chi connectivity index (χ4v) is 3.36. The maximum atomic E-state index is 11.7. The predicted molar refractivity (Wildman–Crippen MR) is 95.9 cm³/mol. The number of carbonyl (C=O) groups is 2. The number of ether oxygens (including phenoxy) is 6. The lowest BCUT2D eigenvalue weighted by Crippen LogP contribution is -2.60. The van der Waals surface area contributed by atoms with Gasteiger partial charge >= 0.3 is 11.9 Å². The normalized spacial score (nSPS) is 31.1. The molecule has 2 aliphatic rings. The van der Waals surface area contributed by atoms with E-state index in [1.807, 2.05) is 30.3 Å². The van der Waals surface area contributed by atoms with Gasteiger partial charge in [-0.2, -0.15) is 0 Å². The summed E-state index contributed by atoms with van der Waals surface area (Å²) in [6.45, 7) is 6.34. The van der Waals surface area contributed by atoms with Gasteiger partial charge in [0.1, 0.15) is 24.9 Å². The number of hydrogen-bond acceptors (Lipinski definition) is 8. The SMILES string of the molecule is CC(=O)OC[C@H]1O[C@@H]2OC(C)(C)O[C@@H]2[C@@H](OCc2ccccc2)[C@@H]1OC(C)=O. The molecule has 2 fully saturated rings. The topological polar surface area (TPSA) is 89.5 Å². The average Bonchev–Trinajstić information content (AvgIpc) is 2.93. The standard InChI is InChI=1S/C20H26O8/c1-12(21)23-11-15-16(25-13(2)22)17(24-10-14-8-6-5-7-9-14)18-19(26-15)28-20(3,4)27-18/h5-9,15-19H,10-11H2,1-4H3/t15-,16-,17+,18-,19-/m1/s1. The van der Waals surface area contributed by atoms with Crippen molar-refractivity contribution in [3.63, 3.8) is 0 Å². The molecule has 0 amide bonds. The molecule has 0 radical (unpaired) electrons. The molecule has 2 heterocycles. The molecule has 3 rings (SSSR count). The van der Waals surface area contributed by atoms with Gasteiger partial charge in [-0.15, -0.1) is 0 Å². The molecule has 28 heavy (non-hydrogen) atoms. The van der Waals surface area contributed by atoms with Crippen LogP contribution < -0.4 is 0 Å². The van der Waals surface area contributed by atoms with Gasteiger partial charge in [-0.05, 0) is 19.4 Å². The number of carbonyl (C=O) groups excluding carboxylic acids is 2. The Morgan fingerprint density at radius 3 is 2.39 bits per heavy atom. The van der Waals surface area contributed by atoms with Gasteiger partial charge in [-0.1, -0.05) is 30.3 Å². The number of hydrogen-bond donors (Lipinski definition) is 0. The van der Waals surface area contributed by atoms with E-state index in [0.29, 0.717) is 0 Å². The van der Waals surface area contributed by atoms with Crippen LogP contribution >= 0.6 is 0 Å². The van der Waals surface area contributed by atoms with E-state index in [2.05, 4.69) is 0 Å². The summed E-state index contributed by atoms with van der Waals surface area (Å²) in [5, 5.41) is 0. The van der Waals surface area contributed by atoms with Crippen molar-refractivity contribution in [2.45, 2.75) is 70.8 Å². The van der Waals surface area contributed by atoms with Crippen molar-refractivity contribution in [3.05, 3.63) is 35.9 Å². The van der Waals surface area contributed by atoms with Crippen molar-refractivity contribution in [3.8, 4) is 0 Å². The summed E-state index contributed by atoms with van der Waals surface area (Å²) >= 11 is 0. The van der Waals surface area contributed by atoms with Crippen molar-refractivity contribution < 1.29 is 38.0 Å². The second-order valence-corrected chi connectivity index (χ2v) is 7.28. The molecular formula is C20H26O8. The summed E-state index contributed by atoms with van der Waals surface area (Å²) < 4.78 is 34.4. The molecule has 2 saturated heterocycles. The lowest BCUT2D eigenvalue weighted by molar-refractivity contribution is -0.271. The summed E-state index contributed by atoms with van der Waals surface area (Å²) in [5.41, 5.74) is 0.960. The van der Waals surface area contributed by atoms with E-state index in [1.54, 1.807) is 13.8 Å². The van der Waals surface area contributed by atoms with E-state index >= 15 is 0 Å². The lowest BCUT2D eigenvalue weighted by Gasteiger charge is -2.41. The van der Waals surface area contributed by atoms with Gasteiger partial charge in [0.05, 0.1) is 6.61 Å². The molecule has 0 spiro atoms. The van der Waals surface area contributed by atoms with Gasteiger partial charge in [0.2, 0.25) is 0 Å². The molecule has 0 saturated carbocycles. The number of rotatable bonds is 6. The van der Waals surface area contributed by atoms with Gasteiger partial charge in [0.15, 0.2) is 18.2 Å². The molecule has 1 aromatic carbocycles. The van der Waals surface area contributed by atoms with Crippen LogP contribution in [-0.2, 0) is 44.6 Å². The summed E-state index contributed by atoms with van der Waals surface area (Å²) in [4.78, 5) is 23.0. The van der Waals surface area contributed by atoms with E-state index < -0.39 is 48.4 Å². The number of benzene rings is 1. The molecule has 5 atom stereocenters. The molecule has 0 bridgehead atoms. The molecule has 2 aliphatic heterocycles. The van der Waals surface area contributed by atoms with Crippen LogP contribution in [0.15, 0.2) is 30.3 Å². The summed E-state index contributed by atoms with van der Waals surface area (Å²) in [7, 11) is 0. The number of esters is 2. The van der Waals surface area contributed by atoms with Gasteiger partial charge in [-0.3, -0.25) is 9.59 Å². The first-order valence-corrected chi connectivity index (χ1v) is 9.22. The second-order valence-electron chi connectivity index (χ2n) is 7.28. The summed E-state index contributed by atoms with van der Waals surface area (Å²) in [6, 6.07) is 9.61. The minimum absolute atomic E-state index is 0.0918.